The van der Waals surface area contributed by atoms with Crippen LogP contribution in [-0.4, -0.2) is 31.8 Å². The molecule has 0 aliphatic carbocycles. The fraction of sp³-hybridized carbons (Fsp3) is 1.00. The summed E-state index contributed by atoms with van der Waals surface area (Å²) in [6, 6.07) is 0. The Kier molecular flexibility index (Phi) is 13.1. The van der Waals surface area contributed by atoms with E-state index in [0.717, 1.165) is 7.55 Å². The zero-order valence-electron chi connectivity index (χ0n) is 18.7. The van der Waals surface area contributed by atoms with Gasteiger partial charge in [0.15, 0.2) is 0 Å². The first-order valence-corrected chi connectivity index (χ1v) is 11.8. The van der Waals surface area contributed by atoms with Crippen molar-refractivity contribution >= 4 is 21.5 Å². The zero-order valence-corrected chi connectivity index (χ0v) is 18.7. The lowest BCUT2D eigenvalue weighted by atomic mass is 9.47. The van der Waals surface area contributed by atoms with Gasteiger partial charge in [0.05, 0.1) is 0 Å². The molecule has 0 aromatic carbocycles. The van der Waals surface area contributed by atoms with E-state index in [4.69, 9.17) is 0 Å². The van der Waals surface area contributed by atoms with Crippen molar-refractivity contribution in [1.82, 2.24) is 15.0 Å². The minimum Gasteiger partial charge on any atom is -0.374 e. The van der Waals surface area contributed by atoms with Crippen LogP contribution in [0.2, 0.25) is 12.6 Å². The third-order valence-electron chi connectivity index (χ3n) is 5.78. The van der Waals surface area contributed by atoms with Crippen LogP contribution in [0.15, 0.2) is 0 Å². The molecule has 0 aromatic heterocycles. The van der Waals surface area contributed by atoms with Crippen LogP contribution in [0.1, 0.15) is 112 Å². The van der Waals surface area contributed by atoms with Crippen LogP contribution >= 0.6 is 0 Å². The van der Waals surface area contributed by atoms with E-state index in [1.807, 2.05) is 0 Å². The number of nitrogens with zero attached hydrogens (tertiary/aromatic N) is 1. The normalized spacial score (nSPS) is 16.2. The van der Waals surface area contributed by atoms with Crippen LogP contribution in [-0.2, 0) is 0 Å². The first kappa shape index (κ1) is 24.1. The van der Waals surface area contributed by atoms with E-state index in [1.165, 1.54) is 89.7 Å². The topological polar surface area (TPSA) is 27.3 Å². The fourth-order valence-electron chi connectivity index (χ4n) is 4.36. The lowest BCUT2D eigenvalue weighted by Crippen LogP contribution is -2.74. The van der Waals surface area contributed by atoms with Crippen molar-refractivity contribution in [2.45, 2.75) is 130 Å². The van der Waals surface area contributed by atoms with Crippen molar-refractivity contribution in [2.24, 2.45) is 0 Å². The number of nitrogens with one attached hydrogen (secondary N) is 2. The summed E-state index contributed by atoms with van der Waals surface area (Å²) in [6.07, 6.45) is 19.2. The van der Waals surface area contributed by atoms with Crippen molar-refractivity contribution in [3.8, 4) is 0 Å². The first-order chi connectivity index (χ1) is 12.5. The fourth-order valence-corrected chi connectivity index (χ4v) is 4.36. The Morgan fingerprint density at radius 3 is 1.42 bits per heavy atom. The molecule has 0 radical (unpaired) electrons. The van der Waals surface area contributed by atoms with E-state index in [2.05, 4.69) is 49.6 Å². The Hall–Kier alpha value is 0.0748. The van der Waals surface area contributed by atoms with Crippen LogP contribution < -0.4 is 10.3 Å². The molecule has 0 bridgehead atoms. The Balaban J connectivity index is 2.41. The third-order valence-corrected chi connectivity index (χ3v) is 5.78. The largest absolute Gasteiger partial charge is 0.374 e. The average Bonchev–Trinajstić information content (AvgIpc) is 2.60. The second-order valence-electron chi connectivity index (χ2n) is 9.31. The molecule has 1 fully saturated rings. The summed E-state index contributed by atoms with van der Waals surface area (Å²) < 4.78 is 2.73. The highest BCUT2D eigenvalue weighted by Gasteiger charge is 2.41. The van der Waals surface area contributed by atoms with Crippen LogP contribution in [0.4, 0.5) is 0 Å². The SMILES string of the molecule is CCCCCCCCB1NBNB(CCCCCCCC)N1C(C)(C)C. The van der Waals surface area contributed by atoms with Gasteiger partial charge in [-0.2, -0.15) is 0 Å². The molecule has 1 aliphatic heterocycles. The van der Waals surface area contributed by atoms with Crippen molar-refractivity contribution in [2.75, 3.05) is 0 Å². The molecule has 0 unspecified atom stereocenters. The summed E-state index contributed by atoms with van der Waals surface area (Å²) in [5, 5.41) is 7.48. The Morgan fingerprint density at radius 2 is 1.04 bits per heavy atom. The van der Waals surface area contributed by atoms with E-state index >= 15 is 0 Å². The molecule has 3 nitrogen and oxygen atoms in total. The molecule has 1 rings (SSSR count). The number of hydrogen-bond donors (Lipinski definition) is 2. The molecular weight excluding hydrogens is 315 g/mol. The maximum atomic E-state index is 3.74. The van der Waals surface area contributed by atoms with Gasteiger partial charge in [-0.15, -0.1) is 0 Å². The van der Waals surface area contributed by atoms with E-state index in [-0.39, 0.29) is 5.54 Å². The molecule has 2 N–H and O–H groups in total. The van der Waals surface area contributed by atoms with Gasteiger partial charge in [0.1, 0.15) is 0 Å². The van der Waals surface area contributed by atoms with E-state index in [1.54, 1.807) is 0 Å². The van der Waals surface area contributed by atoms with Gasteiger partial charge in [-0.05, 0) is 39.0 Å². The lowest BCUT2D eigenvalue weighted by Gasteiger charge is -2.48. The van der Waals surface area contributed by atoms with Crippen LogP contribution in [0, 0.1) is 0 Å². The van der Waals surface area contributed by atoms with Crippen LogP contribution in [0.3, 0.4) is 0 Å². The van der Waals surface area contributed by atoms with Gasteiger partial charge in [-0.3, -0.25) is 0 Å². The van der Waals surface area contributed by atoms with Gasteiger partial charge in [-0.25, -0.2) is 0 Å². The molecular formula is C20H46B3N3. The van der Waals surface area contributed by atoms with Crippen molar-refractivity contribution in [3.05, 3.63) is 0 Å². The highest BCUT2D eigenvalue weighted by molar-refractivity contribution is 6.81. The van der Waals surface area contributed by atoms with E-state index < -0.39 is 0 Å². The number of rotatable bonds is 14. The highest BCUT2D eigenvalue weighted by atomic mass is 15.2. The second-order valence-corrected chi connectivity index (χ2v) is 9.31. The second kappa shape index (κ2) is 14.1. The summed E-state index contributed by atoms with van der Waals surface area (Å²) in [7, 11) is 0.966. The molecule has 6 heteroatoms. The Labute approximate surface area is 166 Å². The van der Waals surface area contributed by atoms with Crippen molar-refractivity contribution in [3.63, 3.8) is 0 Å². The van der Waals surface area contributed by atoms with Crippen LogP contribution in [0.5, 0.6) is 0 Å². The van der Waals surface area contributed by atoms with E-state index in [9.17, 15) is 0 Å². The molecule has 0 aromatic rings. The quantitative estimate of drug-likeness (QED) is 0.327. The molecule has 1 saturated heterocycles. The summed E-state index contributed by atoms with van der Waals surface area (Å²) >= 11 is 0. The predicted octanol–water partition coefficient (Wildman–Crippen LogP) is 5.24. The Morgan fingerprint density at radius 1 is 0.654 bits per heavy atom. The third kappa shape index (κ3) is 9.85. The highest BCUT2D eigenvalue weighted by Crippen LogP contribution is 2.23. The molecule has 1 aliphatic rings. The van der Waals surface area contributed by atoms with Gasteiger partial charge >= 0.3 is 0 Å². The minimum absolute atomic E-state index is 0.209. The van der Waals surface area contributed by atoms with Gasteiger partial charge in [0, 0.05) is 0 Å². The van der Waals surface area contributed by atoms with Gasteiger partial charge in [0.2, 0.25) is 0 Å². The molecule has 0 saturated carbocycles. The maximum absolute atomic E-state index is 3.74. The molecule has 150 valence electrons. The molecule has 0 spiro atoms. The average molecular weight is 361 g/mol. The minimum atomic E-state index is 0.209. The first-order valence-electron chi connectivity index (χ1n) is 11.8. The summed E-state index contributed by atoms with van der Waals surface area (Å²) in [4.78, 5) is 0. The lowest BCUT2D eigenvalue weighted by molar-refractivity contribution is 0.349. The molecule has 0 atom stereocenters. The van der Waals surface area contributed by atoms with E-state index in [0.29, 0.717) is 14.0 Å². The molecule has 1 heterocycles. The number of hydrogen-bond acceptors (Lipinski definition) is 3. The standard InChI is InChI=1S/C20H46B3N3/c1-6-8-10-12-14-16-18-22-24-21-25-23(26(22)20(3,4)5)19-17-15-13-11-9-7-2/h21,24-25H,6-19H2,1-5H3. The van der Waals surface area contributed by atoms with Gasteiger partial charge in [0.25, 0.3) is 21.5 Å². The van der Waals surface area contributed by atoms with Crippen molar-refractivity contribution < 1.29 is 0 Å². The predicted molar refractivity (Wildman–Crippen MR) is 123 cm³/mol. The van der Waals surface area contributed by atoms with Crippen LogP contribution in [0.25, 0.3) is 0 Å². The summed E-state index contributed by atoms with van der Waals surface area (Å²) in [5.41, 5.74) is 0.209. The van der Waals surface area contributed by atoms with Gasteiger partial charge < -0.3 is 15.0 Å². The number of unbranched alkanes of at least 4 members (excludes halogenated alkanes) is 10. The molecule has 0 amide bonds. The smallest absolute Gasteiger partial charge is 0.287 e. The van der Waals surface area contributed by atoms with Gasteiger partial charge in [-0.1, -0.05) is 90.9 Å². The maximum Gasteiger partial charge on any atom is 0.287 e. The summed E-state index contributed by atoms with van der Waals surface area (Å²) in [5.74, 6) is 0. The Bertz CT molecular complexity index is 313. The molecule has 26 heavy (non-hydrogen) atoms. The monoisotopic (exact) mass is 361 g/mol. The summed E-state index contributed by atoms with van der Waals surface area (Å²) in [6.45, 7) is 12.8. The van der Waals surface area contributed by atoms with Crippen molar-refractivity contribution in [1.29, 1.82) is 0 Å². The zero-order chi connectivity index (χ0) is 19.3.